The molecule has 0 radical (unpaired) electrons. The Morgan fingerprint density at radius 1 is 1.18 bits per heavy atom. The highest BCUT2D eigenvalue weighted by Gasteiger charge is 2.48. The van der Waals surface area contributed by atoms with Gasteiger partial charge in [-0.1, -0.05) is 0 Å². The number of epoxide rings is 1. The third-order valence-corrected chi connectivity index (χ3v) is 3.44. The molecule has 0 aromatic heterocycles. The highest BCUT2D eigenvalue weighted by molar-refractivity contribution is 4.99. The lowest BCUT2D eigenvalue weighted by molar-refractivity contribution is 0.232. The molecule has 3 aliphatic rings. The quantitative estimate of drug-likeness (QED) is 0.523. The molecule has 11 heavy (non-hydrogen) atoms. The first-order valence-corrected chi connectivity index (χ1v) is 4.82. The van der Waals surface area contributed by atoms with Gasteiger partial charge >= 0.3 is 0 Å². The van der Waals surface area contributed by atoms with Crippen LogP contribution in [0.2, 0.25) is 0 Å². The molecule has 2 heterocycles. The molecule has 2 nitrogen and oxygen atoms in total. The number of ether oxygens (including phenoxy) is 1. The zero-order valence-corrected chi connectivity index (χ0v) is 6.75. The van der Waals surface area contributed by atoms with E-state index in [2.05, 4.69) is 5.32 Å². The van der Waals surface area contributed by atoms with Gasteiger partial charge in [-0.25, -0.2) is 0 Å². The van der Waals surface area contributed by atoms with Gasteiger partial charge in [0.1, 0.15) is 0 Å². The highest BCUT2D eigenvalue weighted by Crippen LogP contribution is 2.42. The number of hydrogen-bond acceptors (Lipinski definition) is 2. The second-order valence-electron chi connectivity index (χ2n) is 4.15. The summed E-state index contributed by atoms with van der Waals surface area (Å²) in [6, 6.07) is 0.799. The van der Waals surface area contributed by atoms with Crippen LogP contribution in [0.4, 0.5) is 0 Å². The molecule has 4 atom stereocenters. The molecule has 0 spiro atoms. The molecule has 0 bridgehead atoms. The molecule has 0 aromatic rings. The summed E-state index contributed by atoms with van der Waals surface area (Å²) in [5.41, 5.74) is 0. The van der Waals surface area contributed by atoms with E-state index in [0.29, 0.717) is 12.2 Å². The van der Waals surface area contributed by atoms with E-state index in [9.17, 15) is 0 Å². The zero-order chi connectivity index (χ0) is 7.26. The fourth-order valence-electron chi connectivity index (χ4n) is 2.72. The number of nitrogens with one attached hydrogen (secondary N) is 1. The first-order valence-electron chi connectivity index (χ1n) is 4.82. The SMILES string of the molecule is C1CNC2CC3OC3CC2C1. The third kappa shape index (κ3) is 1.00. The Kier molecular flexibility index (Phi) is 1.29. The normalized spacial score (nSPS) is 54.5. The van der Waals surface area contributed by atoms with Crippen molar-refractivity contribution in [2.75, 3.05) is 6.54 Å². The van der Waals surface area contributed by atoms with Crippen molar-refractivity contribution in [1.82, 2.24) is 5.32 Å². The Hall–Kier alpha value is -0.0800. The summed E-state index contributed by atoms with van der Waals surface area (Å²) in [5.74, 6) is 0.937. The smallest absolute Gasteiger partial charge is 0.0856 e. The molecular formula is C9H15NO. The van der Waals surface area contributed by atoms with Crippen molar-refractivity contribution < 1.29 is 4.74 Å². The molecule has 1 N–H and O–H groups in total. The van der Waals surface area contributed by atoms with Crippen LogP contribution in [0.3, 0.4) is 0 Å². The molecule has 2 heteroatoms. The molecule has 0 amide bonds. The summed E-state index contributed by atoms with van der Waals surface area (Å²) in [6.45, 7) is 1.23. The van der Waals surface area contributed by atoms with Crippen molar-refractivity contribution in [2.45, 2.75) is 43.9 Å². The van der Waals surface area contributed by atoms with Gasteiger partial charge in [-0.2, -0.15) is 0 Å². The minimum Gasteiger partial charge on any atom is -0.370 e. The molecule has 62 valence electrons. The summed E-state index contributed by atoms with van der Waals surface area (Å²) < 4.78 is 5.53. The van der Waals surface area contributed by atoms with Crippen LogP contribution in [-0.2, 0) is 4.74 Å². The second-order valence-corrected chi connectivity index (χ2v) is 4.15. The van der Waals surface area contributed by atoms with Crippen LogP contribution < -0.4 is 5.32 Å². The van der Waals surface area contributed by atoms with Crippen LogP contribution in [0.25, 0.3) is 0 Å². The molecular weight excluding hydrogens is 138 g/mol. The molecule has 4 unspecified atom stereocenters. The molecule has 2 saturated heterocycles. The van der Waals surface area contributed by atoms with Gasteiger partial charge in [0.25, 0.3) is 0 Å². The van der Waals surface area contributed by atoms with Crippen molar-refractivity contribution in [3.8, 4) is 0 Å². The van der Waals surface area contributed by atoms with Gasteiger partial charge in [0.05, 0.1) is 12.2 Å². The van der Waals surface area contributed by atoms with Gasteiger partial charge in [-0.15, -0.1) is 0 Å². The summed E-state index contributed by atoms with van der Waals surface area (Å²) in [5, 5.41) is 3.60. The molecule has 1 aliphatic carbocycles. The van der Waals surface area contributed by atoms with Crippen LogP contribution in [0.5, 0.6) is 0 Å². The van der Waals surface area contributed by atoms with E-state index in [1.165, 1.54) is 32.2 Å². The van der Waals surface area contributed by atoms with Crippen LogP contribution in [-0.4, -0.2) is 24.8 Å². The standard InChI is InChI=1S/C9H15NO/c1-2-6-4-8-9(11-8)5-7(6)10-3-1/h6-10H,1-5H2. The van der Waals surface area contributed by atoms with Gasteiger partial charge in [0.2, 0.25) is 0 Å². The van der Waals surface area contributed by atoms with Gasteiger partial charge in [0.15, 0.2) is 0 Å². The molecule has 1 saturated carbocycles. The van der Waals surface area contributed by atoms with E-state index < -0.39 is 0 Å². The van der Waals surface area contributed by atoms with Crippen molar-refractivity contribution in [3.05, 3.63) is 0 Å². The fourth-order valence-corrected chi connectivity index (χ4v) is 2.72. The maximum Gasteiger partial charge on any atom is 0.0856 e. The van der Waals surface area contributed by atoms with E-state index in [1.54, 1.807) is 0 Å². The van der Waals surface area contributed by atoms with Crippen molar-refractivity contribution >= 4 is 0 Å². The number of fused-ring (bicyclic) bond motifs is 2. The van der Waals surface area contributed by atoms with E-state index in [1.807, 2.05) is 0 Å². The Morgan fingerprint density at radius 3 is 3.09 bits per heavy atom. The predicted molar refractivity (Wildman–Crippen MR) is 42.4 cm³/mol. The average Bonchev–Trinajstić information content (AvgIpc) is 2.77. The largest absolute Gasteiger partial charge is 0.370 e. The van der Waals surface area contributed by atoms with Crippen molar-refractivity contribution in [3.63, 3.8) is 0 Å². The topological polar surface area (TPSA) is 24.6 Å². The summed E-state index contributed by atoms with van der Waals surface area (Å²) >= 11 is 0. The van der Waals surface area contributed by atoms with Crippen molar-refractivity contribution in [2.24, 2.45) is 5.92 Å². The third-order valence-electron chi connectivity index (χ3n) is 3.44. The second kappa shape index (κ2) is 2.20. The zero-order valence-electron chi connectivity index (χ0n) is 6.75. The number of hydrogen-bond donors (Lipinski definition) is 1. The maximum absolute atomic E-state index is 5.53. The van der Waals surface area contributed by atoms with Crippen molar-refractivity contribution in [1.29, 1.82) is 0 Å². The summed E-state index contributed by atoms with van der Waals surface area (Å²) in [7, 11) is 0. The fraction of sp³-hybridized carbons (Fsp3) is 1.00. The van der Waals surface area contributed by atoms with E-state index in [4.69, 9.17) is 4.74 Å². The predicted octanol–water partition coefficient (Wildman–Crippen LogP) is 0.916. The van der Waals surface area contributed by atoms with Crippen LogP contribution in [0.1, 0.15) is 25.7 Å². The lowest BCUT2D eigenvalue weighted by Crippen LogP contribution is -2.44. The number of rotatable bonds is 0. The first-order chi connectivity index (χ1) is 5.43. The minimum absolute atomic E-state index is 0.641. The van der Waals surface area contributed by atoms with Gasteiger partial charge in [-0.3, -0.25) is 0 Å². The monoisotopic (exact) mass is 153 g/mol. The minimum atomic E-state index is 0.641. The Labute approximate surface area is 67.3 Å². The van der Waals surface area contributed by atoms with E-state index in [-0.39, 0.29) is 0 Å². The lowest BCUT2D eigenvalue weighted by Gasteiger charge is -2.34. The first kappa shape index (κ1) is 6.44. The maximum atomic E-state index is 5.53. The van der Waals surface area contributed by atoms with Gasteiger partial charge in [-0.05, 0) is 38.1 Å². The molecule has 0 aromatic carbocycles. The van der Waals surface area contributed by atoms with Crippen LogP contribution >= 0.6 is 0 Å². The van der Waals surface area contributed by atoms with Gasteiger partial charge < -0.3 is 10.1 Å². The van der Waals surface area contributed by atoms with E-state index >= 15 is 0 Å². The van der Waals surface area contributed by atoms with Gasteiger partial charge in [0, 0.05) is 6.04 Å². The Bertz CT molecular complexity index is 153. The molecule has 3 rings (SSSR count). The van der Waals surface area contributed by atoms with E-state index in [0.717, 1.165) is 12.0 Å². The number of piperidine rings is 1. The summed E-state index contributed by atoms with van der Waals surface area (Å²) in [4.78, 5) is 0. The lowest BCUT2D eigenvalue weighted by atomic mass is 9.80. The van der Waals surface area contributed by atoms with Crippen LogP contribution in [0, 0.1) is 5.92 Å². The molecule has 2 aliphatic heterocycles. The Morgan fingerprint density at radius 2 is 2.09 bits per heavy atom. The molecule has 3 fully saturated rings. The Balaban J connectivity index is 1.73. The van der Waals surface area contributed by atoms with Crippen LogP contribution in [0.15, 0.2) is 0 Å². The summed E-state index contributed by atoms with van der Waals surface area (Å²) in [6.07, 6.45) is 6.73. The average molecular weight is 153 g/mol. The highest BCUT2D eigenvalue weighted by atomic mass is 16.6.